The largest absolute Gasteiger partial charge is 0.497 e. The van der Waals surface area contributed by atoms with Gasteiger partial charge in [0.25, 0.3) is 0 Å². The molecule has 0 amide bonds. The Morgan fingerprint density at radius 2 is 1.79 bits per heavy atom. The first-order valence-corrected chi connectivity index (χ1v) is 9.03. The lowest BCUT2D eigenvalue weighted by Gasteiger charge is -2.11. The van der Waals surface area contributed by atoms with Crippen molar-refractivity contribution < 1.29 is 14.2 Å². The highest BCUT2D eigenvalue weighted by atomic mass is 127. The van der Waals surface area contributed by atoms with Crippen LogP contribution in [0.4, 0.5) is 0 Å². The number of nitrogens with zero attached hydrogens (tertiary/aromatic N) is 2. The molecular weight excluding hydrogens is 471 g/mol. The molecular formula is C20H29IN4O3. The van der Waals surface area contributed by atoms with Crippen molar-refractivity contribution >= 4 is 29.9 Å². The van der Waals surface area contributed by atoms with E-state index >= 15 is 0 Å². The average Bonchev–Trinajstić information content (AvgIpc) is 2.71. The number of rotatable bonds is 10. The fourth-order valence-corrected chi connectivity index (χ4v) is 2.26. The molecule has 0 aliphatic carbocycles. The van der Waals surface area contributed by atoms with Crippen molar-refractivity contribution in [3.63, 3.8) is 0 Å². The van der Waals surface area contributed by atoms with Gasteiger partial charge < -0.3 is 24.8 Å². The van der Waals surface area contributed by atoms with Crippen molar-refractivity contribution in [2.45, 2.75) is 19.9 Å². The zero-order valence-electron chi connectivity index (χ0n) is 16.6. The normalized spacial score (nSPS) is 10.8. The molecule has 0 saturated carbocycles. The number of hydrogen-bond acceptors (Lipinski definition) is 5. The first kappa shape index (κ1) is 24.0. The number of guanidine groups is 1. The molecule has 0 atom stereocenters. The van der Waals surface area contributed by atoms with Crippen LogP contribution in [0.15, 0.2) is 47.6 Å². The van der Waals surface area contributed by atoms with Crippen molar-refractivity contribution in [3.05, 3.63) is 48.2 Å². The molecule has 8 heteroatoms. The second-order valence-electron chi connectivity index (χ2n) is 5.75. The fraction of sp³-hybridized carbons (Fsp3) is 0.400. The molecule has 1 heterocycles. The molecule has 2 N–H and O–H groups in total. The summed E-state index contributed by atoms with van der Waals surface area (Å²) in [5.41, 5.74) is 1.01. The van der Waals surface area contributed by atoms with Gasteiger partial charge in [0.15, 0.2) is 5.96 Å². The van der Waals surface area contributed by atoms with Crippen LogP contribution in [-0.4, -0.2) is 44.9 Å². The predicted molar refractivity (Wildman–Crippen MR) is 122 cm³/mol. The Hall–Kier alpha value is -2.07. The third kappa shape index (κ3) is 8.75. The van der Waals surface area contributed by atoms with Gasteiger partial charge in [-0.05, 0) is 43.2 Å². The molecule has 0 bridgehead atoms. The number of pyridine rings is 1. The van der Waals surface area contributed by atoms with Crippen molar-refractivity contribution in [2.75, 3.05) is 33.9 Å². The highest BCUT2D eigenvalue weighted by Gasteiger charge is 2.01. The fourth-order valence-electron chi connectivity index (χ4n) is 2.26. The molecule has 28 heavy (non-hydrogen) atoms. The molecule has 1 aromatic carbocycles. The second-order valence-corrected chi connectivity index (χ2v) is 5.75. The average molecular weight is 500 g/mol. The molecule has 7 nitrogen and oxygen atoms in total. The minimum absolute atomic E-state index is 0. The molecule has 0 saturated heterocycles. The number of halogens is 1. The molecule has 0 aliphatic rings. The van der Waals surface area contributed by atoms with Gasteiger partial charge in [-0.2, -0.15) is 0 Å². The number of aromatic nitrogens is 1. The minimum atomic E-state index is 0. The first-order chi connectivity index (χ1) is 13.2. The zero-order chi connectivity index (χ0) is 19.3. The van der Waals surface area contributed by atoms with Gasteiger partial charge in [-0.25, -0.2) is 9.98 Å². The van der Waals surface area contributed by atoms with Crippen molar-refractivity contribution in [3.8, 4) is 17.4 Å². The maximum absolute atomic E-state index is 5.73. The molecule has 1 aromatic heterocycles. The number of methoxy groups -OCH3 is 2. The van der Waals surface area contributed by atoms with Gasteiger partial charge in [-0.3, -0.25) is 0 Å². The topological polar surface area (TPSA) is 77.0 Å². The molecule has 2 rings (SSSR count). The molecule has 0 fully saturated rings. The second kappa shape index (κ2) is 14.0. The van der Waals surface area contributed by atoms with Crippen molar-refractivity contribution in [1.29, 1.82) is 0 Å². The smallest absolute Gasteiger partial charge is 0.219 e. The Kier molecular flexibility index (Phi) is 12.0. The van der Waals surface area contributed by atoms with Crippen LogP contribution in [-0.2, 0) is 11.3 Å². The summed E-state index contributed by atoms with van der Waals surface area (Å²) in [7, 11) is 3.34. The van der Waals surface area contributed by atoms with E-state index in [0.717, 1.165) is 43.4 Å². The van der Waals surface area contributed by atoms with Gasteiger partial charge in [0.1, 0.15) is 11.5 Å². The minimum Gasteiger partial charge on any atom is -0.497 e. The lowest BCUT2D eigenvalue weighted by Crippen LogP contribution is -2.38. The Bertz CT molecular complexity index is 694. The van der Waals surface area contributed by atoms with E-state index in [1.807, 2.05) is 43.3 Å². The van der Waals surface area contributed by atoms with Crippen LogP contribution in [0.5, 0.6) is 17.4 Å². The summed E-state index contributed by atoms with van der Waals surface area (Å²) in [6.45, 7) is 4.93. The van der Waals surface area contributed by atoms with Crippen LogP contribution in [0.2, 0.25) is 0 Å². The van der Waals surface area contributed by atoms with Crippen LogP contribution in [0.1, 0.15) is 18.9 Å². The SMILES string of the molecule is CCNC(=NCc1ccc(Oc2ccc(OC)cc2)nc1)NCCCOC.I. The van der Waals surface area contributed by atoms with E-state index in [0.29, 0.717) is 18.2 Å². The van der Waals surface area contributed by atoms with Crippen LogP contribution in [0.25, 0.3) is 0 Å². The van der Waals surface area contributed by atoms with E-state index in [-0.39, 0.29) is 24.0 Å². The van der Waals surface area contributed by atoms with E-state index in [1.165, 1.54) is 0 Å². The van der Waals surface area contributed by atoms with Gasteiger partial charge in [-0.15, -0.1) is 24.0 Å². The summed E-state index contributed by atoms with van der Waals surface area (Å²) in [5, 5.41) is 6.51. The molecule has 0 spiro atoms. The zero-order valence-corrected chi connectivity index (χ0v) is 18.9. The van der Waals surface area contributed by atoms with Crippen molar-refractivity contribution in [2.24, 2.45) is 4.99 Å². The molecule has 0 radical (unpaired) electrons. The Labute approximate surface area is 183 Å². The summed E-state index contributed by atoms with van der Waals surface area (Å²) in [6.07, 6.45) is 2.71. The van der Waals surface area contributed by atoms with Crippen molar-refractivity contribution in [1.82, 2.24) is 15.6 Å². The quantitative estimate of drug-likeness (QED) is 0.225. The highest BCUT2D eigenvalue weighted by Crippen LogP contribution is 2.22. The summed E-state index contributed by atoms with van der Waals surface area (Å²) in [4.78, 5) is 8.92. The van der Waals surface area contributed by atoms with E-state index < -0.39 is 0 Å². The number of benzene rings is 1. The van der Waals surface area contributed by atoms with Gasteiger partial charge in [0, 0.05) is 39.1 Å². The van der Waals surface area contributed by atoms with Crippen LogP contribution in [0, 0.1) is 0 Å². The Balaban J connectivity index is 0.00000392. The van der Waals surface area contributed by atoms with E-state index in [2.05, 4.69) is 20.6 Å². The highest BCUT2D eigenvalue weighted by molar-refractivity contribution is 14.0. The molecule has 154 valence electrons. The summed E-state index contributed by atoms with van der Waals surface area (Å²) >= 11 is 0. The maximum atomic E-state index is 5.73. The summed E-state index contributed by atoms with van der Waals surface area (Å²) in [5.74, 6) is 2.82. The Morgan fingerprint density at radius 3 is 2.39 bits per heavy atom. The van der Waals surface area contributed by atoms with Crippen LogP contribution in [0.3, 0.4) is 0 Å². The number of nitrogens with one attached hydrogen (secondary N) is 2. The van der Waals surface area contributed by atoms with Crippen LogP contribution < -0.4 is 20.1 Å². The van der Waals surface area contributed by atoms with Crippen LogP contribution >= 0.6 is 24.0 Å². The standard InChI is InChI=1S/C20H28N4O3.HI/c1-4-21-20(22-12-5-13-25-2)24-15-16-6-11-19(23-14-16)27-18-9-7-17(26-3)8-10-18;/h6-11,14H,4-5,12-13,15H2,1-3H3,(H2,21,22,24);1H. The van der Waals surface area contributed by atoms with E-state index in [9.17, 15) is 0 Å². The van der Waals surface area contributed by atoms with E-state index in [1.54, 1.807) is 20.4 Å². The number of ether oxygens (including phenoxy) is 3. The number of aliphatic imine (C=N–C) groups is 1. The summed E-state index contributed by atoms with van der Waals surface area (Å²) in [6, 6.07) is 11.2. The van der Waals surface area contributed by atoms with Gasteiger partial charge in [0.05, 0.1) is 13.7 Å². The lowest BCUT2D eigenvalue weighted by molar-refractivity contribution is 0.195. The lowest BCUT2D eigenvalue weighted by atomic mass is 10.3. The van der Waals surface area contributed by atoms with E-state index in [4.69, 9.17) is 14.2 Å². The van der Waals surface area contributed by atoms with Gasteiger partial charge >= 0.3 is 0 Å². The Morgan fingerprint density at radius 1 is 1.04 bits per heavy atom. The first-order valence-electron chi connectivity index (χ1n) is 9.03. The van der Waals surface area contributed by atoms with Gasteiger partial charge in [0.2, 0.25) is 5.88 Å². The third-order valence-corrected chi connectivity index (χ3v) is 3.66. The summed E-state index contributed by atoms with van der Waals surface area (Å²) < 4.78 is 15.9. The third-order valence-electron chi connectivity index (χ3n) is 3.66. The van der Waals surface area contributed by atoms with Gasteiger partial charge in [-0.1, -0.05) is 6.07 Å². The number of hydrogen-bond donors (Lipinski definition) is 2. The predicted octanol–water partition coefficient (Wildman–Crippen LogP) is 3.59. The maximum Gasteiger partial charge on any atom is 0.219 e. The molecule has 0 aliphatic heterocycles. The molecule has 2 aromatic rings. The molecule has 0 unspecified atom stereocenters. The monoisotopic (exact) mass is 500 g/mol.